The van der Waals surface area contributed by atoms with Gasteiger partial charge < -0.3 is 10.6 Å². The number of hydrogen-bond acceptors (Lipinski definition) is 2. The van der Waals surface area contributed by atoms with Crippen LogP contribution >= 0.6 is 0 Å². The van der Waals surface area contributed by atoms with E-state index in [9.17, 15) is 18.4 Å². The molecule has 0 saturated heterocycles. The number of rotatable bonds is 8. The summed E-state index contributed by atoms with van der Waals surface area (Å²) >= 11 is 0. The Morgan fingerprint density at radius 3 is 1.52 bits per heavy atom. The van der Waals surface area contributed by atoms with Crippen molar-refractivity contribution >= 4 is 11.8 Å². The Bertz CT molecular complexity index is 741. The molecular weight excluding hydrogens is 350 g/mol. The van der Waals surface area contributed by atoms with E-state index in [1.165, 1.54) is 26.0 Å². The molecule has 0 unspecified atom stereocenters. The highest BCUT2D eigenvalue weighted by atomic mass is 19.1. The van der Waals surface area contributed by atoms with Crippen LogP contribution in [0.15, 0.2) is 48.5 Å². The monoisotopic (exact) mass is 374 g/mol. The number of carbonyl (C=O) groups excluding carboxylic acids is 2. The lowest BCUT2D eigenvalue weighted by atomic mass is 9.91. The maximum Gasteiger partial charge on any atom is 0.235 e. The van der Waals surface area contributed by atoms with E-state index in [-0.39, 0.29) is 24.7 Å². The Kier molecular flexibility index (Phi) is 7.05. The van der Waals surface area contributed by atoms with Crippen molar-refractivity contribution in [2.45, 2.75) is 26.7 Å². The standard InChI is InChI=1S/C21H24F2N2O2/c1-21(2,19(26)24-13-11-15-7-3-5-9-17(15)22)20(27)25-14-12-16-8-4-6-10-18(16)23/h3-10H,11-14H2,1-2H3,(H,24,26)(H,25,27). The minimum atomic E-state index is -1.29. The summed E-state index contributed by atoms with van der Waals surface area (Å²) in [5.74, 6) is -1.53. The zero-order chi connectivity index (χ0) is 19.9. The second-order valence-corrected chi connectivity index (χ2v) is 6.82. The fourth-order valence-corrected chi connectivity index (χ4v) is 2.57. The molecule has 4 nitrogen and oxygen atoms in total. The summed E-state index contributed by atoms with van der Waals surface area (Å²) in [6.07, 6.45) is 0.673. The first-order valence-electron chi connectivity index (χ1n) is 8.86. The van der Waals surface area contributed by atoms with E-state index in [0.717, 1.165) is 0 Å². The molecule has 6 heteroatoms. The number of halogens is 2. The lowest BCUT2D eigenvalue weighted by molar-refractivity contribution is -0.141. The van der Waals surface area contributed by atoms with Gasteiger partial charge in [-0.05, 0) is 49.9 Å². The normalized spacial score (nSPS) is 11.1. The molecular formula is C21H24F2N2O2. The first-order valence-corrected chi connectivity index (χ1v) is 8.86. The molecule has 2 aromatic rings. The Hall–Kier alpha value is -2.76. The lowest BCUT2D eigenvalue weighted by Gasteiger charge is -2.22. The molecule has 0 aliphatic rings. The summed E-state index contributed by atoms with van der Waals surface area (Å²) in [7, 11) is 0. The van der Waals surface area contributed by atoms with Crippen LogP contribution in [0.5, 0.6) is 0 Å². The fraction of sp³-hybridized carbons (Fsp3) is 0.333. The predicted octanol–water partition coefficient (Wildman–Crippen LogP) is 3.01. The quantitative estimate of drug-likeness (QED) is 0.698. The molecule has 2 aromatic carbocycles. The van der Waals surface area contributed by atoms with Crippen molar-refractivity contribution in [3.05, 3.63) is 71.3 Å². The molecule has 0 aromatic heterocycles. The van der Waals surface area contributed by atoms with Crippen LogP contribution < -0.4 is 10.6 Å². The first kappa shape index (κ1) is 20.6. The van der Waals surface area contributed by atoms with Crippen LogP contribution in [0.2, 0.25) is 0 Å². The van der Waals surface area contributed by atoms with E-state index < -0.39 is 17.2 Å². The molecule has 2 N–H and O–H groups in total. The van der Waals surface area contributed by atoms with Crippen molar-refractivity contribution < 1.29 is 18.4 Å². The van der Waals surface area contributed by atoms with Gasteiger partial charge in [0.25, 0.3) is 0 Å². The van der Waals surface area contributed by atoms with Gasteiger partial charge in [0.1, 0.15) is 17.0 Å². The third-order valence-electron chi connectivity index (χ3n) is 4.41. The van der Waals surface area contributed by atoms with Crippen molar-refractivity contribution in [1.29, 1.82) is 0 Å². The highest BCUT2D eigenvalue weighted by molar-refractivity contribution is 6.04. The van der Waals surface area contributed by atoms with Crippen LogP contribution in [0.4, 0.5) is 8.78 Å². The van der Waals surface area contributed by atoms with Crippen LogP contribution in [0, 0.1) is 17.0 Å². The second kappa shape index (κ2) is 9.26. The topological polar surface area (TPSA) is 58.2 Å². The van der Waals surface area contributed by atoms with Gasteiger partial charge in [-0.2, -0.15) is 0 Å². The molecule has 0 aliphatic carbocycles. The summed E-state index contributed by atoms with van der Waals surface area (Å²) in [5, 5.41) is 5.34. The minimum absolute atomic E-state index is 0.228. The average Bonchev–Trinajstić information content (AvgIpc) is 2.64. The molecule has 0 radical (unpaired) electrons. The number of benzene rings is 2. The van der Waals surface area contributed by atoms with Gasteiger partial charge >= 0.3 is 0 Å². The van der Waals surface area contributed by atoms with Crippen LogP contribution in [-0.2, 0) is 22.4 Å². The van der Waals surface area contributed by atoms with Gasteiger partial charge in [-0.15, -0.1) is 0 Å². The summed E-state index contributed by atoms with van der Waals surface area (Å²) < 4.78 is 27.2. The molecule has 144 valence electrons. The van der Waals surface area contributed by atoms with Crippen LogP contribution in [0.25, 0.3) is 0 Å². The lowest BCUT2D eigenvalue weighted by Crippen LogP contribution is -2.48. The van der Waals surface area contributed by atoms with E-state index in [0.29, 0.717) is 24.0 Å². The van der Waals surface area contributed by atoms with E-state index in [2.05, 4.69) is 10.6 Å². The minimum Gasteiger partial charge on any atom is -0.355 e. The smallest absolute Gasteiger partial charge is 0.235 e. The van der Waals surface area contributed by atoms with Gasteiger partial charge in [-0.3, -0.25) is 9.59 Å². The van der Waals surface area contributed by atoms with E-state index in [4.69, 9.17) is 0 Å². The Morgan fingerprint density at radius 1 is 0.778 bits per heavy atom. The fourth-order valence-electron chi connectivity index (χ4n) is 2.57. The molecule has 27 heavy (non-hydrogen) atoms. The summed E-state index contributed by atoms with van der Waals surface area (Å²) in [6, 6.07) is 12.7. The van der Waals surface area contributed by atoms with Gasteiger partial charge in [0.15, 0.2) is 0 Å². The Balaban J connectivity index is 1.80. The summed E-state index contributed by atoms with van der Waals surface area (Å²) in [4.78, 5) is 24.7. The largest absolute Gasteiger partial charge is 0.355 e. The highest BCUT2D eigenvalue weighted by Crippen LogP contribution is 2.16. The molecule has 2 rings (SSSR count). The third kappa shape index (κ3) is 5.61. The Labute approximate surface area is 158 Å². The maximum absolute atomic E-state index is 13.6. The van der Waals surface area contributed by atoms with Gasteiger partial charge in [0, 0.05) is 13.1 Å². The van der Waals surface area contributed by atoms with Crippen molar-refractivity contribution in [2.75, 3.05) is 13.1 Å². The molecule has 0 fully saturated rings. The van der Waals surface area contributed by atoms with Gasteiger partial charge in [-0.25, -0.2) is 8.78 Å². The van der Waals surface area contributed by atoms with Crippen molar-refractivity contribution in [1.82, 2.24) is 10.6 Å². The number of amides is 2. The van der Waals surface area contributed by atoms with Crippen LogP contribution in [0.1, 0.15) is 25.0 Å². The van der Waals surface area contributed by atoms with E-state index >= 15 is 0 Å². The van der Waals surface area contributed by atoms with Crippen molar-refractivity contribution in [3.8, 4) is 0 Å². The van der Waals surface area contributed by atoms with E-state index in [1.54, 1.807) is 36.4 Å². The van der Waals surface area contributed by atoms with Gasteiger partial charge in [0.05, 0.1) is 0 Å². The van der Waals surface area contributed by atoms with E-state index in [1.807, 2.05) is 0 Å². The Morgan fingerprint density at radius 2 is 1.15 bits per heavy atom. The summed E-state index contributed by atoms with van der Waals surface area (Å²) in [6.45, 7) is 3.49. The average molecular weight is 374 g/mol. The maximum atomic E-state index is 13.6. The van der Waals surface area contributed by atoms with Crippen LogP contribution in [0.3, 0.4) is 0 Å². The molecule has 0 atom stereocenters. The third-order valence-corrected chi connectivity index (χ3v) is 4.41. The summed E-state index contributed by atoms with van der Waals surface area (Å²) in [5.41, 5.74) is -0.278. The molecule has 0 aliphatic heterocycles. The highest BCUT2D eigenvalue weighted by Gasteiger charge is 2.35. The number of hydrogen-bond donors (Lipinski definition) is 2. The first-order chi connectivity index (χ1) is 12.8. The molecule has 2 amide bonds. The van der Waals surface area contributed by atoms with Gasteiger partial charge in [0.2, 0.25) is 11.8 Å². The zero-order valence-electron chi connectivity index (χ0n) is 15.5. The SMILES string of the molecule is CC(C)(C(=O)NCCc1ccccc1F)C(=O)NCCc1ccccc1F. The van der Waals surface area contributed by atoms with Crippen molar-refractivity contribution in [3.63, 3.8) is 0 Å². The zero-order valence-corrected chi connectivity index (χ0v) is 15.5. The molecule has 0 saturated carbocycles. The predicted molar refractivity (Wildman–Crippen MR) is 100 cm³/mol. The molecule has 0 spiro atoms. The number of carbonyl (C=O) groups is 2. The molecule has 0 bridgehead atoms. The van der Waals surface area contributed by atoms with Crippen molar-refractivity contribution in [2.24, 2.45) is 5.41 Å². The second-order valence-electron chi connectivity index (χ2n) is 6.82. The molecule has 0 heterocycles. The number of nitrogens with one attached hydrogen (secondary N) is 2. The van der Waals surface area contributed by atoms with Crippen LogP contribution in [-0.4, -0.2) is 24.9 Å². The van der Waals surface area contributed by atoms with Gasteiger partial charge in [-0.1, -0.05) is 36.4 Å².